The normalized spacial score (nSPS) is 17.2. The Labute approximate surface area is 148 Å². The summed E-state index contributed by atoms with van der Waals surface area (Å²) in [6.45, 7) is 3.84. The predicted molar refractivity (Wildman–Crippen MR) is 97.2 cm³/mol. The minimum atomic E-state index is -0.0856. The number of hydrogen-bond donors (Lipinski definition) is 1. The number of rotatable bonds is 6. The van der Waals surface area contributed by atoms with E-state index in [9.17, 15) is 5.11 Å². The van der Waals surface area contributed by atoms with Crippen LogP contribution in [0.5, 0.6) is 0 Å². The second-order valence-corrected chi connectivity index (χ2v) is 6.90. The number of aryl methyl sites for hydroxylation is 1. The van der Waals surface area contributed by atoms with Crippen LogP contribution in [0.4, 0.5) is 0 Å². The van der Waals surface area contributed by atoms with Crippen molar-refractivity contribution in [3.8, 4) is 0 Å². The van der Waals surface area contributed by atoms with Crippen molar-refractivity contribution in [2.75, 3.05) is 6.54 Å². The van der Waals surface area contributed by atoms with Crippen LogP contribution in [0.3, 0.4) is 0 Å². The summed E-state index contributed by atoms with van der Waals surface area (Å²) in [5, 5.41) is 13.9. The second kappa shape index (κ2) is 7.59. The minimum absolute atomic E-state index is 0.0856. The summed E-state index contributed by atoms with van der Waals surface area (Å²) in [6.07, 6.45) is 4.49. The Balaban J connectivity index is 1.80. The number of aromatic nitrogens is 3. The maximum Gasteiger partial charge on any atom is 0.198 e. The summed E-state index contributed by atoms with van der Waals surface area (Å²) in [4.78, 5) is 2.49. The van der Waals surface area contributed by atoms with Gasteiger partial charge in [-0.3, -0.25) is 4.90 Å². The van der Waals surface area contributed by atoms with Crippen LogP contribution >= 0.6 is 12.2 Å². The molecule has 1 aromatic carbocycles. The van der Waals surface area contributed by atoms with Gasteiger partial charge in [0.15, 0.2) is 10.6 Å². The molecule has 0 radical (unpaired) electrons. The molecule has 5 nitrogen and oxygen atoms in total. The highest BCUT2D eigenvalue weighted by Gasteiger charge is 2.24. The Kier molecular flexibility index (Phi) is 5.48. The van der Waals surface area contributed by atoms with Crippen LogP contribution < -0.4 is 0 Å². The summed E-state index contributed by atoms with van der Waals surface area (Å²) >= 11 is 5.47. The molecule has 0 aliphatic heterocycles. The number of aliphatic hydroxyl groups excluding tert-OH is 1. The highest BCUT2D eigenvalue weighted by atomic mass is 32.1. The zero-order chi connectivity index (χ0) is 17.1. The van der Waals surface area contributed by atoms with Gasteiger partial charge in [-0.2, -0.15) is 5.10 Å². The highest BCUT2D eigenvalue weighted by molar-refractivity contribution is 7.71. The zero-order valence-corrected chi connectivity index (χ0v) is 15.3. The molecule has 1 aliphatic carbocycles. The Morgan fingerprint density at radius 2 is 2.08 bits per heavy atom. The fraction of sp³-hybridized carbons (Fsp3) is 0.556. The average molecular weight is 347 g/mol. The van der Waals surface area contributed by atoms with E-state index in [4.69, 9.17) is 12.2 Å². The topological polar surface area (TPSA) is 46.2 Å². The van der Waals surface area contributed by atoms with Crippen molar-refractivity contribution in [2.45, 2.75) is 51.9 Å². The smallest absolute Gasteiger partial charge is 0.198 e. The maximum atomic E-state index is 9.40. The molecule has 1 aliphatic rings. The molecule has 0 fully saturated rings. The highest BCUT2D eigenvalue weighted by Crippen LogP contribution is 2.25. The molecule has 1 heterocycles. The van der Waals surface area contributed by atoms with Gasteiger partial charge in [-0.1, -0.05) is 31.2 Å². The van der Waals surface area contributed by atoms with E-state index in [1.165, 1.54) is 17.5 Å². The molecule has 3 rings (SSSR count). The molecular weight excluding hydrogens is 320 g/mol. The first-order chi connectivity index (χ1) is 11.6. The fourth-order valence-corrected chi connectivity index (χ4v) is 3.78. The van der Waals surface area contributed by atoms with E-state index >= 15 is 0 Å². The van der Waals surface area contributed by atoms with Crippen molar-refractivity contribution in [2.24, 2.45) is 7.05 Å². The lowest BCUT2D eigenvalue weighted by atomic mass is 9.87. The average Bonchev–Trinajstić information content (AvgIpc) is 2.88. The summed E-state index contributed by atoms with van der Waals surface area (Å²) in [5.74, 6) is 0.616. The molecule has 2 aromatic rings. The number of fused-ring (bicyclic) bond motifs is 1. The summed E-state index contributed by atoms with van der Waals surface area (Å²) < 4.78 is 4.29. The first-order valence-electron chi connectivity index (χ1n) is 8.68. The third-order valence-corrected chi connectivity index (χ3v) is 5.42. The van der Waals surface area contributed by atoms with Crippen LogP contribution in [0, 0.1) is 4.77 Å². The molecule has 1 unspecified atom stereocenters. The van der Waals surface area contributed by atoms with Crippen LogP contribution in [0.25, 0.3) is 0 Å². The van der Waals surface area contributed by atoms with Gasteiger partial charge in [-0.15, -0.1) is 0 Å². The van der Waals surface area contributed by atoms with Crippen LogP contribution in [0.2, 0.25) is 0 Å². The van der Waals surface area contributed by atoms with Crippen LogP contribution in [0.15, 0.2) is 24.3 Å². The van der Waals surface area contributed by atoms with Gasteiger partial charge >= 0.3 is 0 Å². The van der Waals surface area contributed by atoms with Gasteiger partial charge in [0.2, 0.25) is 0 Å². The van der Waals surface area contributed by atoms with E-state index in [1.54, 1.807) is 4.57 Å². The summed E-state index contributed by atoms with van der Waals surface area (Å²) in [6, 6.07) is 9.28. The molecule has 1 N–H and O–H groups in total. The van der Waals surface area contributed by atoms with Crippen molar-refractivity contribution in [3.63, 3.8) is 0 Å². The number of benzene rings is 1. The molecule has 0 spiro atoms. The molecule has 24 heavy (non-hydrogen) atoms. The van der Waals surface area contributed by atoms with Crippen LogP contribution in [-0.4, -0.2) is 36.9 Å². The minimum Gasteiger partial charge on any atom is -0.388 e. The Morgan fingerprint density at radius 3 is 2.75 bits per heavy atom. The standard InChI is InChI=1S/C18H26N4OS/c1-3-10-21(13-22-18(24)20(2)17(12-23)19-22)16-9-8-14-6-4-5-7-15(14)11-16/h4-7,16,23H,3,8-13H2,1-2H3. The Morgan fingerprint density at radius 1 is 1.33 bits per heavy atom. The van der Waals surface area contributed by atoms with Gasteiger partial charge in [-0.25, -0.2) is 4.68 Å². The molecule has 0 bridgehead atoms. The van der Waals surface area contributed by atoms with Gasteiger partial charge in [0, 0.05) is 13.1 Å². The lowest BCUT2D eigenvalue weighted by molar-refractivity contribution is 0.129. The quantitative estimate of drug-likeness (QED) is 0.817. The van der Waals surface area contributed by atoms with E-state index in [0.29, 0.717) is 23.3 Å². The molecule has 1 aromatic heterocycles. The van der Waals surface area contributed by atoms with E-state index < -0.39 is 0 Å². The zero-order valence-electron chi connectivity index (χ0n) is 14.5. The molecule has 0 saturated carbocycles. The van der Waals surface area contributed by atoms with Gasteiger partial charge in [0.25, 0.3) is 0 Å². The Bertz CT molecular complexity index is 752. The first-order valence-corrected chi connectivity index (χ1v) is 9.09. The summed E-state index contributed by atoms with van der Waals surface area (Å²) in [7, 11) is 1.86. The van der Waals surface area contributed by atoms with Crippen molar-refractivity contribution in [3.05, 3.63) is 46.0 Å². The SMILES string of the molecule is CCCN(Cn1nc(CO)n(C)c1=S)C1CCc2ccccc2C1. The lowest BCUT2D eigenvalue weighted by Gasteiger charge is -2.34. The van der Waals surface area contributed by atoms with Gasteiger partial charge < -0.3 is 9.67 Å². The molecular formula is C18H26N4OS. The van der Waals surface area contributed by atoms with Crippen LogP contribution in [-0.2, 0) is 33.2 Å². The van der Waals surface area contributed by atoms with Gasteiger partial charge in [0.05, 0.1) is 6.67 Å². The number of nitrogens with zero attached hydrogens (tertiary/aromatic N) is 4. The Hall–Kier alpha value is -1.50. The number of aliphatic hydroxyl groups is 1. The monoisotopic (exact) mass is 346 g/mol. The van der Waals surface area contributed by atoms with E-state index in [0.717, 1.165) is 25.8 Å². The lowest BCUT2D eigenvalue weighted by Crippen LogP contribution is -2.41. The third-order valence-electron chi connectivity index (χ3n) is 4.94. The van der Waals surface area contributed by atoms with E-state index in [1.807, 2.05) is 11.7 Å². The largest absolute Gasteiger partial charge is 0.388 e. The molecule has 6 heteroatoms. The molecule has 0 saturated heterocycles. The van der Waals surface area contributed by atoms with Crippen molar-refractivity contribution in [1.82, 2.24) is 19.2 Å². The molecule has 1 atom stereocenters. The second-order valence-electron chi connectivity index (χ2n) is 6.53. The molecule has 130 valence electrons. The molecule has 0 amide bonds. The van der Waals surface area contributed by atoms with Crippen molar-refractivity contribution in [1.29, 1.82) is 0 Å². The summed E-state index contributed by atoms with van der Waals surface area (Å²) in [5.41, 5.74) is 2.96. The van der Waals surface area contributed by atoms with Gasteiger partial charge in [-0.05, 0) is 55.6 Å². The number of hydrogen-bond acceptors (Lipinski definition) is 4. The third kappa shape index (κ3) is 3.45. The van der Waals surface area contributed by atoms with E-state index in [2.05, 4.69) is 41.2 Å². The van der Waals surface area contributed by atoms with Crippen molar-refractivity contribution >= 4 is 12.2 Å². The van der Waals surface area contributed by atoms with Crippen LogP contribution in [0.1, 0.15) is 36.7 Å². The van der Waals surface area contributed by atoms with E-state index in [-0.39, 0.29) is 6.61 Å². The maximum absolute atomic E-state index is 9.40. The van der Waals surface area contributed by atoms with Crippen molar-refractivity contribution < 1.29 is 5.11 Å². The predicted octanol–water partition coefficient (Wildman–Crippen LogP) is 2.67. The first kappa shape index (κ1) is 17.3. The van der Waals surface area contributed by atoms with Gasteiger partial charge in [0.1, 0.15) is 6.61 Å². The fourth-order valence-electron chi connectivity index (χ4n) is 3.58.